The number of piperazine rings is 1. The van der Waals surface area contributed by atoms with E-state index in [9.17, 15) is 4.79 Å². The molecule has 1 aliphatic rings. The van der Waals surface area contributed by atoms with E-state index in [4.69, 9.17) is 10.2 Å². The lowest BCUT2D eigenvalue weighted by molar-refractivity contribution is -0.132. The Kier molecular flexibility index (Phi) is 6.73. The Hall–Kier alpha value is -3.76. The number of likely N-dealkylation sites (N-methyl/N-ethyl adjacent to an activating group) is 1. The largest absolute Gasteiger partial charge is 0.353 e. The molecule has 0 spiro atoms. The van der Waals surface area contributed by atoms with E-state index < -0.39 is 0 Å². The van der Waals surface area contributed by atoms with Gasteiger partial charge >= 0.3 is 0 Å². The molecule has 32 heavy (non-hydrogen) atoms. The second-order valence-corrected chi connectivity index (χ2v) is 7.96. The molecule has 2 heterocycles. The topological polar surface area (TPSA) is 76.4 Å². The van der Waals surface area contributed by atoms with Crippen LogP contribution in [-0.4, -0.2) is 65.4 Å². The van der Waals surface area contributed by atoms with Gasteiger partial charge in [-0.15, -0.1) is 0 Å². The lowest BCUT2D eigenvalue weighted by Gasteiger charge is -2.36. The van der Waals surface area contributed by atoms with E-state index in [0.717, 1.165) is 30.0 Å². The van der Waals surface area contributed by atoms with Crippen LogP contribution in [0.2, 0.25) is 0 Å². The maximum absolute atomic E-state index is 12.8. The predicted octanol–water partition coefficient (Wildman–Crippen LogP) is 2.80. The monoisotopic (exact) mass is 426 g/mol. The van der Waals surface area contributed by atoms with Crippen LogP contribution in [0, 0.1) is 11.3 Å². The minimum absolute atomic E-state index is 0.122. The standard InChI is InChI=1S/C25H26N6O/c1-29(18-21-7-5-6-20(16-21)17-26)19-24(32)31-14-12-30(13-15-31)23-10-11-27-25(28-23)22-8-3-2-4-9-22/h2-11,16H,12-15,18-19H2,1H3. The summed E-state index contributed by atoms with van der Waals surface area (Å²) in [5.74, 6) is 1.72. The van der Waals surface area contributed by atoms with Crippen LogP contribution in [0.15, 0.2) is 66.9 Å². The lowest BCUT2D eigenvalue weighted by Crippen LogP contribution is -2.51. The Morgan fingerprint density at radius 1 is 1.06 bits per heavy atom. The molecular formula is C25H26N6O. The normalized spacial score (nSPS) is 13.8. The first-order chi connectivity index (χ1) is 15.6. The molecule has 0 N–H and O–H groups in total. The van der Waals surface area contributed by atoms with E-state index >= 15 is 0 Å². The first-order valence-electron chi connectivity index (χ1n) is 10.7. The van der Waals surface area contributed by atoms with E-state index in [1.807, 2.05) is 71.4 Å². The molecule has 1 saturated heterocycles. The first kappa shape index (κ1) is 21.5. The molecule has 3 aromatic rings. The van der Waals surface area contributed by atoms with Crippen LogP contribution in [0.3, 0.4) is 0 Å². The Morgan fingerprint density at radius 3 is 2.59 bits per heavy atom. The van der Waals surface area contributed by atoms with Crippen molar-refractivity contribution in [2.45, 2.75) is 6.54 Å². The Morgan fingerprint density at radius 2 is 1.84 bits per heavy atom. The van der Waals surface area contributed by atoms with Crippen molar-refractivity contribution >= 4 is 11.7 Å². The average molecular weight is 427 g/mol. The summed E-state index contributed by atoms with van der Waals surface area (Å²) >= 11 is 0. The minimum Gasteiger partial charge on any atom is -0.353 e. The summed E-state index contributed by atoms with van der Waals surface area (Å²) in [6.45, 7) is 3.80. The van der Waals surface area contributed by atoms with Gasteiger partial charge < -0.3 is 9.80 Å². The molecule has 0 radical (unpaired) electrons. The number of rotatable bonds is 6. The number of aromatic nitrogens is 2. The fourth-order valence-electron chi connectivity index (χ4n) is 3.87. The molecule has 1 aliphatic heterocycles. The van der Waals surface area contributed by atoms with Crippen LogP contribution in [-0.2, 0) is 11.3 Å². The van der Waals surface area contributed by atoms with Crippen molar-refractivity contribution in [3.05, 3.63) is 78.0 Å². The number of benzene rings is 2. The highest BCUT2D eigenvalue weighted by Crippen LogP contribution is 2.19. The van der Waals surface area contributed by atoms with Gasteiger partial charge in [0.2, 0.25) is 5.91 Å². The molecule has 162 valence electrons. The Balaban J connectivity index is 1.30. The highest BCUT2D eigenvalue weighted by molar-refractivity contribution is 5.78. The van der Waals surface area contributed by atoms with Crippen molar-refractivity contribution in [2.24, 2.45) is 0 Å². The molecule has 0 aliphatic carbocycles. The van der Waals surface area contributed by atoms with Gasteiger partial charge in [0.1, 0.15) is 5.82 Å². The summed E-state index contributed by atoms with van der Waals surface area (Å²) in [5, 5.41) is 9.05. The average Bonchev–Trinajstić information content (AvgIpc) is 2.85. The molecule has 4 rings (SSSR count). The van der Waals surface area contributed by atoms with Crippen molar-refractivity contribution in [2.75, 3.05) is 44.7 Å². The minimum atomic E-state index is 0.122. The van der Waals surface area contributed by atoms with E-state index in [-0.39, 0.29) is 5.91 Å². The van der Waals surface area contributed by atoms with Gasteiger partial charge in [-0.2, -0.15) is 5.26 Å². The zero-order valence-electron chi connectivity index (χ0n) is 18.2. The van der Waals surface area contributed by atoms with Crippen LogP contribution in [0.1, 0.15) is 11.1 Å². The van der Waals surface area contributed by atoms with Gasteiger partial charge in [-0.3, -0.25) is 9.69 Å². The van der Waals surface area contributed by atoms with Crippen molar-refractivity contribution in [3.63, 3.8) is 0 Å². The number of amides is 1. The summed E-state index contributed by atoms with van der Waals surface area (Å²) in [5.41, 5.74) is 2.66. The molecule has 7 nitrogen and oxygen atoms in total. The molecule has 0 atom stereocenters. The van der Waals surface area contributed by atoms with Gasteiger partial charge in [0.05, 0.1) is 18.2 Å². The Bertz CT molecular complexity index is 1100. The van der Waals surface area contributed by atoms with Gasteiger partial charge in [0.25, 0.3) is 0 Å². The molecule has 0 bridgehead atoms. The molecule has 7 heteroatoms. The first-order valence-corrected chi connectivity index (χ1v) is 10.7. The fraction of sp³-hybridized carbons (Fsp3) is 0.280. The van der Waals surface area contributed by atoms with Crippen LogP contribution >= 0.6 is 0 Å². The number of carbonyl (C=O) groups excluding carboxylic acids is 1. The molecule has 2 aromatic carbocycles. The Labute approximate surface area is 188 Å². The fourth-order valence-corrected chi connectivity index (χ4v) is 3.87. The zero-order valence-corrected chi connectivity index (χ0v) is 18.2. The molecule has 1 fully saturated rings. The van der Waals surface area contributed by atoms with Crippen molar-refractivity contribution < 1.29 is 4.79 Å². The SMILES string of the molecule is CN(CC(=O)N1CCN(c2ccnc(-c3ccccc3)n2)CC1)Cc1cccc(C#N)c1. The van der Waals surface area contributed by atoms with Gasteiger partial charge in [-0.1, -0.05) is 42.5 Å². The predicted molar refractivity (Wildman–Crippen MR) is 124 cm³/mol. The quantitative estimate of drug-likeness (QED) is 0.603. The highest BCUT2D eigenvalue weighted by atomic mass is 16.2. The number of hydrogen-bond acceptors (Lipinski definition) is 6. The summed E-state index contributed by atoms with van der Waals surface area (Å²) in [6.07, 6.45) is 1.79. The summed E-state index contributed by atoms with van der Waals surface area (Å²) in [4.78, 5) is 28.0. The number of nitriles is 1. The molecule has 1 aromatic heterocycles. The maximum atomic E-state index is 12.8. The highest BCUT2D eigenvalue weighted by Gasteiger charge is 2.23. The maximum Gasteiger partial charge on any atom is 0.236 e. The zero-order chi connectivity index (χ0) is 22.3. The molecule has 0 unspecified atom stereocenters. The van der Waals surface area contributed by atoms with E-state index in [1.54, 1.807) is 12.3 Å². The van der Waals surface area contributed by atoms with Gasteiger partial charge in [0.15, 0.2) is 5.82 Å². The number of nitrogens with zero attached hydrogens (tertiary/aromatic N) is 6. The van der Waals surface area contributed by atoms with Crippen molar-refractivity contribution in [1.82, 2.24) is 19.8 Å². The van der Waals surface area contributed by atoms with Crippen LogP contribution in [0.25, 0.3) is 11.4 Å². The molecule has 1 amide bonds. The number of hydrogen-bond donors (Lipinski definition) is 0. The van der Waals surface area contributed by atoms with Gasteiger partial charge in [-0.05, 0) is 30.8 Å². The van der Waals surface area contributed by atoms with E-state index in [2.05, 4.69) is 16.0 Å². The third-order valence-electron chi connectivity index (χ3n) is 5.54. The van der Waals surface area contributed by atoms with Crippen molar-refractivity contribution in [3.8, 4) is 17.5 Å². The van der Waals surface area contributed by atoms with Crippen LogP contribution in [0.4, 0.5) is 5.82 Å². The second-order valence-electron chi connectivity index (χ2n) is 7.96. The molecular weight excluding hydrogens is 400 g/mol. The number of anilines is 1. The smallest absolute Gasteiger partial charge is 0.236 e. The van der Waals surface area contributed by atoms with E-state index in [0.29, 0.717) is 37.6 Å². The lowest BCUT2D eigenvalue weighted by atomic mass is 10.1. The summed E-state index contributed by atoms with van der Waals surface area (Å²) in [7, 11) is 1.93. The van der Waals surface area contributed by atoms with Gasteiger partial charge in [0, 0.05) is 44.5 Å². The number of carbonyl (C=O) groups is 1. The second kappa shape index (κ2) is 10.0. The molecule has 0 saturated carbocycles. The van der Waals surface area contributed by atoms with Crippen LogP contribution in [0.5, 0.6) is 0 Å². The third-order valence-corrected chi connectivity index (χ3v) is 5.54. The summed E-state index contributed by atoms with van der Waals surface area (Å²) in [6, 6.07) is 21.5. The van der Waals surface area contributed by atoms with Crippen LogP contribution < -0.4 is 4.90 Å². The summed E-state index contributed by atoms with van der Waals surface area (Å²) < 4.78 is 0. The van der Waals surface area contributed by atoms with Crippen molar-refractivity contribution in [1.29, 1.82) is 5.26 Å². The third kappa shape index (κ3) is 5.29. The van der Waals surface area contributed by atoms with Gasteiger partial charge in [-0.25, -0.2) is 9.97 Å². The van der Waals surface area contributed by atoms with E-state index in [1.165, 1.54) is 0 Å².